The molecular weight excluding hydrogens is 200 g/mol. The van der Waals surface area contributed by atoms with Gasteiger partial charge in [-0.1, -0.05) is 35.3 Å². The molecule has 0 aliphatic rings. The lowest BCUT2D eigenvalue weighted by Gasteiger charge is -1.97. The van der Waals surface area contributed by atoms with Crippen LogP contribution in [0.3, 0.4) is 0 Å². The third kappa shape index (κ3) is 2.11. The average molecular weight is 208 g/mol. The summed E-state index contributed by atoms with van der Waals surface area (Å²) in [5.41, 5.74) is 8.82. The highest BCUT2D eigenvalue weighted by Gasteiger charge is 1.96. The topological polar surface area (TPSA) is 61.7 Å². The first-order chi connectivity index (χ1) is 7.92. The van der Waals surface area contributed by atoms with Crippen LogP contribution < -0.4 is 0 Å². The SMILES string of the molecule is [N-]=[N+]=NCC#Cc1nccc2ccccc12. The van der Waals surface area contributed by atoms with Gasteiger partial charge in [0.25, 0.3) is 0 Å². The number of fused-ring (bicyclic) bond motifs is 1. The summed E-state index contributed by atoms with van der Waals surface area (Å²) in [7, 11) is 0. The van der Waals surface area contributed by atoms with Gasteiger partial charge in [-0.05, 0) is 22.9 Å². The van der Waals surface area contributed by atoms with Gasteiger partial charge in [0.2, 0.25) is 0 Å². The van der Waals surface area contributed by atoms with E-state index in [1.165, 1.54) is 0 Å². The van der Waals surface area contributed by atoms with Crippen molar-refractivity contribution in [2.24, 2.45) is 5.11 Å². The summed E-state index contributed by atoms with van der Waals surface area (Å²) in [4.78, 5) is 6.83. The molecule has 16 heavy (non-hydrogen) atoms. The molecule has 0 fully saturated rings. The number of hydrogen-bond donors (Lipinski definition) is 0. The van der Waals surface area contributed by atoms with Crippen molar-refractivity contribution in [3.63, 3.8) is 0 Å². The lowest BCUT2D eigenvalue weighted by Crippen LogP contribution is -1.84. The first kappa shape index (κ1) is 10.0. The first-order valence-corrected chi connectivity index (χ1v) is 4.75. The van der Waals surface area contributed by atoms with Crippen LogP contribution >= 0.6 is 0 Å². The highest BCUT2D eigenvalue weighted by atomic mass is 15.1. The maximum absolute atomic E-state index is 8.11. The molecule has 0 radical (unpaired) electrons. The van der Waals surface area contributed by atoms with E-state index in [-0.39, 0.29) is 6.54 Å². The minimum absolute atomic E-state index is 0.168. The Morgan fingerprint density at radius 3 is 3.06 bits per heavy atom. The highest BCUT2D eigenvalue weighted by Crippen LogP contribution is 2.14. The zero-order valence-corrected chi connectivity index (χ0v) is 8.46. The summed E-state index contributed by atoms with van der Waals surface area (Å²) < 4.78 is 0. The third-order valence-electron chi connectivity index (χ3n) is 2.09. The van der Waals surface area contributed by atoms with E-state index in [1.807, 2.05) is 30.3 Å². The number of nitrogens with zero attached hydrogens (tertiary/aromatic N) is 4. The van der Waals surface area contributed by atoms with Crippen molar-refractivity contribution in [1.82, 2.24) is 4.98 Å². The molecule has 0 aliphatic carbocycles. The Balaban J connectivity index is 2.43. The summed E-state index contributed by atoms with van der Waals surface area (Å²) in [6.45, 7) is 0.168. The minimum atomic E-state index is 0.168. The van der Waals surface area contributed by atoms with Crippen LogP contribution in [0.4, 0.5) is 0 Å². The van der Waals surface area contributed by atoms with Crippen LogP contribution in [-0.4, -0.2) is 11.5 Å². The summed E-state index contributed by atoms with van der Waals surface area (Å²) in [5.74, 6) is 5.66. The van der Waals surface area contributed by atoms with Crippen molar-refractivity contribution in [3.8, 4) is 11.8 Å². The van der Waals surface area contributed by atoms with Crippen LogP contribution in [0.1, 0.15) is 5.69 Å². The molecule has 1 heterocycles. The number of benzene rings is 1. The lowest BCUT2D eigenvalue weighted by atomic mass is 10.1. The molecule has 0 saturated heterocycles. The number of rotatable bonds is 1. The Morgan fingerprint density at radius 2 is 2.19 bits per heavy atom. The fraction of sp³-hybridized carbons (Fsp3) is 0.0833. The molecule has 0 unspecified atom stereocenters. The van der Waals surface area contributed by atoms with E-state index in [4.69, 9.17) is 5.53 Å². The van der Waals surface area contributed by atoms with Crippen LogP contribution in [0.15, 0.2) is 41.6 Å². The molecular formula is C12H8N4. The summed E-state index contributed by atoms with van der Waals surface area (Å²) in [6, 6.07) is 9.84. The van der Waals surface area contributed by atoms with Gasteiger partial charge >= 0.3 is 0 Å². The maximum Gasteiger partial charge on any atom is 0.120 e. The largest absolute Gasteiger partial charge is 0.247 e. The van der Waals surface area contributed by atoms with Crippen molar-refractivity contribution in [3.05, 3.63) is 52.7 Å². The van der Waals surface area contributed by atoms with E-state index in [0.29, 0.717) is 5.69 Å². The number of aromatic nitrogens is 1. The fourth-order valence-electron chi connectivity index (χ4n) is 1.41. The van der Waals surface area contributed by atoms with Gasteiger partial charge in [0.1, 0.15) is 5.69 Å². The normalized spacial score (nSPS) is 9.00. The van der Waals surface area contributed by atoms with E-state index in [0.717, 1.165) is 10.8 Å². The molecule has 0 atom stereocenters. The van der Waals surface area contributed by atoms with Gasteiger partial charge in [0.05, 0.1) is 6.54 Å². The van der Waals surface area contributed by atoms with Crippen molar-refractivity contribution < 1.29 is 0 Å². The molecule has 2 rings (SSSR count). The van der Waals surface area contributed by atoms with Crippen molar-refractivity contribution in [2.45, 2.75) is 0 Å². The monoisotopic (exact) mass is 208 g/mol. The van der Waals surface area contributed by atoms with E-state index >= 15 is 0 Å². The molecule has 1 aromatic carbocycles. The van der Waals surface area contributed by atoms with Gasteiger partial charge in [-0.25, -0.2) is 4.98 Å². The smallest absolute Gasteiger partial charge is 0.120 e. The highest BCUT2D eigenvalue weighted by molar-refractivity contribution is 5.86. The number of azide groups is 1. The zero-order chi connectivity index (χ0) is 11.2. The number of hydrogen-bond acceptors (Lipinski definition) is 2. The van der Waals surface area contributed by atoms with Gasteiger partial charge in [-0.3, -0.25) is 0 Å². The molecule has 1 aromatic heterocycles. The van der Waals surface area contributed by atoms with Crippen molar-refractivity contribution >= 4 is 10.8 Å². The second kappa shape index (κ2) is 4.83. The first-order valence-electron chi connectivity index (χ1n) is 4.75. The van der Waals surface area contributed by atoms with E-state index < -0.39 is 0 Å². The van der Waals surface area contributed by atoms with Crippen LogP contribution in [0.5, 0.6) is 0 Å². The molecule has 2 aromatic rings. The quantitative estimate of drug-likeness (QED) is 0.307. The van der Waals surface area contributed by atoms with Gasteiger partial charge in [-0.15, -0.1) is 0 Å². The summed E-state index contributed by atoms with van der Waals surface area (Å²) in [5, 5.41) is 5.46. The Morgan fingerprint density at radius 1 is 1.31 bits per heavy atom. The van der Waals surface area contributed by atoms with Gasteiger partial charge < -0.3 is 0 Å². The molecule has 76 valence electrons. The van der Waals surface area contributed by atoms with Crippen LogP contribution in [-0.2, 0) is 0 Å². The molecule has 0 aliphatic heterocycles. The lowest BCUT2D eigenvalue weighted by molar-refractivity contribution is 1.25. The third-order valence-corrected chi connectivity index (χ3v) is 2.09. The van der Waals surface area contributed by atoms with Crippen LogP contribution in [0.2, 0.25) is 0 Å². The standard InChI is InChI=1S/C12H8N4/c13-16-15-8-3-6-12-11-5-2-1-4-10(11)7-9-14-12/h1-2,4-5,7,9H,8H2. The zero-order valence-electron chi connectivity index (χ0n) is 8.46. The van der Waals surface area contributed by atoms with Crippen LogP contribution in [0, 0.1) is 11.8 Å². The molecule has 0 saturated carbocycles. The molecule has 0 spiro atoms. The summed E-state index contributed by atoms with van der Waals surface area (Å²) in [6.07, 6.45) is 1.72. The Hall–Kier alpha value is -2.50. The molecule has 4 heteroatoms. The second-order valence-corrected chi connectivity index (χ2v) is 3.07. The molecule has 4 nitrogen and oxygen atoms in total. The maximum atomic E-state index is 8.11. The van der Waals surface area contributed by atoms with E-state index in [9.17, 15) is 0 Å². The Bertz CT molecular complexity index is 610. The average Bonchev–Trinajstić information content (AvgIpc) is 2.35. The predicted molar refractivity (Wildman–Crippen MR) is 62.6 cm³/mol. The molecule has 0 bridgehead atoms. The second-order valence-electron chi connectivity index (χ2n) is 3.07. The van der Waals surface area contributed by atoms with Gasteiger partial charge in [0, 0.05) is 16.5 Å². The van der Waals surface area contributed by atoms with Crippen LogP contribution in [0.25, 0.3) is 21.2 Å². The van der Waals surface area contributed by atoms with Gasteiger partial charge in [0.15, 0.2) is 0 Å². The Labute approximate surface area is 92.6 Å². The Kier molecular flexibility index (Phi) is 3.03. The van der Waals surface area contributed by atoms with Gasteiger partial charge in [-0.2, -0.15) is 0 Å². The molecule has 0 amide bonds. The van der Waals surface area contributed by atoms with E-state index in [2.05, 4.69) is 26.9 Å². The predicted octanol–water partition coefficient (Wildman–Crippen LogP) is 2.90. The minimum Gasteiger partial charge on any atom is -0.247 e. The molecule has 0 N–H and O–H groups in total. The van der Waals surface area contributed by atoms with E-state index in [1.54, 1.807) is 6.20 Å². The van der Waals surface area contributed by atoms with Crippen molar-refractivity contribution in [1.29, 1.82) is 0 Å². The fourth-order valence-corrected chi connectivity index (χ4v) is 1.41. The number of pyridine rings is 1. The summed E-state index contributed by atoms with van der Waals surface area (Å²) >= 11 is 0. The van der Waals surface area contributed by atoms with Crippen molar-refractivity contribution in [2.75, 3.05) is 6.54 Å².